The zero-order chi connectivity index (χ0) is 33.9. The normalized spacial score (nSPS) is 12.2. The second kappa shape index (κ2) is 10.2. The van der Waals surface area contributed by atoms with E-state index in [2.05, 4.69) is 162 Å². The summed E-state index contributed by atoms with van der Waals surface area (Å²) in [5.74, 6) is 1.20. The van der Waals surface area contributed by atoms with Gasteiger partial charge < -0.3 is 4.57 Å². The molecule has 0 fully saturated rings. The van der Waals surface area contributed by atoms with Crippen LogP contribution in [0.5, 0.6) is 0 Å². The van der Waals surface area contributed by atoms with Crippen molar-refractivity contribution in [3.05, 3.63) is 164 Å². The van der Waals surface area contributed by atoms with Gasteiger partial charge in [-0.2, -0.15) is 9.50 Å². The fourth-order valence-electron chi connectivity index (χ4n) is 8.67. The number of nitrogens with zero attached hydrogens (tertiary/aromatic N) is 5. The molecule has 0 aliphatic heterocycles. The molecule has 1 aliphatic carbocycles. The summed E-state index contributed by atoms with van der Waals surface area (Å²) in [5, 5.41) is 13.7. The van der Waals surface area contributed by atoms with E-state index >= 15 is 0 Å². The van der Waals surface area contributed by atoms with Crippen molar-refractivity contribution in [2.24, 2.45) is 0 Å². The van der Waals surface area contributed by atoms with Gasteiger partial charge in [-0.1, -0.05) is 127 Å². The molecule has 11 aromatic rings. The number of hydrogen-bond acceptors (Lipinski definition) is 3. The van der Waals surface area contributed by atoms with Crippen LogP contribution in [-0.2, 0) is 0 Å². The van der Waals surface area contributed by atoms with Gasteiger partial charge in [0, 0.05) is 27.3 Å². The average molecular weight is 662 g/mol. The van der Waals surface area contributed by atoms with Crippen LogP contribution in [0.3, 0.4) is 0 Å². The first-order chi connectivity index (χ1) is 25.8. The zero-order valence-electron chi connectivity index (χ0n) is 27.8. The summed E-state index contributed by atoms with van der Waals surface area (Å²) >= 11 is 0. The number of benzene rings is 8. The van der Waals surface area contributed by atoms with Crippen LogP contribution in [0.4, 0.5) is 0 Å². The molecule has 12 rings (SSSR count). The molecular formula is C47H27N5. The Kier molecular flexibility index (Phi) is 5.44. The molecule has 1 aliphatic rings. The summed E-state index contributed by atoms with van der Waals surface area (Å²) in [7, 11) is 0. The van der Waals surface area contributed by atoms with Crippen LogP contribution in [0.1, 0.15) is 0 Å². The van der Waals surface area contributed by atoms with Crippen LogP contribution >= 0.6 is 0 Å². The summed E-state index contributed by atoms with van der Waals surface area (Å²) in [4.78, 5) is 10.4. The molecule has 0 N–H and O–H groups in total. The lowest BCUT2D eigenvalue weighted by molar-refractivity contribution is 0.988. The minimum absolute atomic E-state index is 0.567. The molecular weight excluding hydrogens is 635 g/mol. The van der Waals surface area contributed by atoms with E-state index in [9.17, 15) is 0 Å². The van der Waals surface area contributed by atoms with Crippen LogP contribution in [0.25, 0.3) is 111 Å². The van der Waals surface area contributed by atoms with E-state index in [1.165, 1.54) is 43.8 Å². The predicted molar refractivity (Wildman–Crippen MR) is 213 cm³/mol. The van der Waals surface area contributed by atoms with E-state index in [1.54, 1.807) is 0 Å². The molecule has 0 unspecified atom stereocenters. The van der Waals surface area contributed by atoms with E-state index in [0.29, 0.717) is 11.6 Å². The highest BCUT2D eigenvalue weighted by Gasteiger charge is 2.26. The number of para-hydroxylation sites is 1. The Hall–Kier alpha value is -7.11. The van der Waals surface area contributed by atoms with Crippen molar-refractivity contribution in [1.29, 1.82) is 0 Å². The fraction of sp³-hybridized carbons (Fsp3) is 0. The SMILES string of the molecule is c1ccc(-c2nc3nc(-c4ccccc4-n4c5cccc6c5c5c7c(cccc7ccc54)-c4ccccc4-6)nn3c3cc4ccccc4cc23)cc1. The molecule has 5 nitrogen and oxygen atoms in total. The van der Waals surface area contributed by atoms with E-state index in [1.807, 2.05) is 10.6 Å². The molecule has 0 spiro atoms. The maximum atomic E-state index is 5.24. The van der Waals surface area contributed by atoms with Gasteiger partial charge in [-0.15, -0.1) is 5.10 Å². The second-order valence-electron chi connectivity index (χ2n) is 13.7. The van der Waals surface area contributed by atoms with Gasteiger partial charge >= 0.3 is 0 Å². The van der Waals surface area contributed by atoms with Crippen LogP contribution in [0.2, 0.25) is 0 Å². The fourth-order valence-corrected chi connectivity index (χ4v) is 8.67. The lowest BCUT2D eigenvalue weighted by atomic mass is 9.93. The summed E-state index contributed by atoms with van der Waals surface area (Å²) in [6.45, 7) is 0. The third-order valence-electron chi connectivity index (χ3n) is 10.9. The average Bonchev–Trinajstić information content (AvgIpc) is 3.76. The molecule has 0 radical (unpaired) electrons. The number of fused-ring (bicyclic) bond motifs is 7. The summed E-state index contributed by atoms with van der Waals surface area (Å²) in [6.07, 6.45) is 0. The largest absolute Gasteiger partial charge is 0.308 e. The molecule has 8 aromatic carbocycles. The highest BCUT2D eigenvalue weighted by Crippen LogP contribution is 2.50. The molecule has 0 bridgehead atoms. The van der Waals surface area contributed by atoms with E-state index in [-0.39, 0.29) is 0 Å². The minimum Gasteiger partial charge on any atom is -0.308 e. The topological polar surface area (TPSA) is 48.0 Å². The lowest BCUT2D eigenvalue weighted by Gasteiger charge is -2.15. The smallest absolute Gasteiger partial charge is 0.253 e. The quantitative estimate of drug-likeness (QED) is 0.177. The van der Waals surface area contributed by atoms with Crippen LogP contribution in [-0.4, -0.2) is 24.1 Å². The maximum Gasteiger partial charge on any atom is 0.253 e. The van der Waals surface area contributed by atoms with Gasteiger partial charge in [-0.25, -0.2) is 4.98 Å². The van der Waals surface area contributed by atoms with Gasteiger partial charge in [-0.3, -0.25) is 0 Å². The van der Waals surface area contributed by atoms with Crippen molar-refractivity contribution in [2.75, 3.05) is 0 Å². The van der Waals surface area contributed by atoms with Crippen molar-refractivity contribution in [3.63, 3.8) is 0 Å². The van der Waals surface area contributed by atoms with Crippen LogP contribution in [0.15, 0.2) is 164 Å². The third-order valence-corrected chi connectivity index (χ3v) is 10.9. The molecule has 0 amide bonds. The molecule has 3 heterocycles. The molecule has 5 heteroatoms. The molecule has 0 saturated carbocycles. The Morgan fingerprint density at radius 1 is 0.404 bits per heavy atom. The minimum atomic E-state index is 0.567. The third kappa shape index (κ3) is 3.69. The van der Waals surface area contributed by atoms with Crippen molar-refractivity contribution in [3.8, 4) is 50.6 Å². The van der Waals surface area contributed by atoms with Gasteiger partial charge in [-0.05, 0) is 80.2 Å². The number of hydrogen-bond donors (Lipinski definition) is 0. The van der Waals surface area contributed by atoms with Gasteiger partial charge in [0.15, 0.2) is 5.82 Å². The summed E-state index contributed by atoms with van der Waals surface area (Å²) in [5.41, 5.74) is 12.2. The summed E-state index contributed by atoms with van der Waals surface area (Å²) < 4.78 is 4.33. The Morgan fingerprint density at radius 2 is 1.04 bits per heavy atom. The van der Waals surface area contributed by atoms with Crippen molar-refractivity contribution >= 4 is 60.0 Å². The Labute approximate surface area is 297 Å². The first-order valence-corrected chi connectivity index (χ1v) is 17.6. The van der Waals surface area contributed by atoms with Crippen LogP contribution in [0, 0.1) is 0 Å². The van der Waals surface area contributed by atoms with E-state index in [4.69, 9.17) is 15.1 Å². The second-order valence-corrected chi connectivity index (χ2v) is 13.7. The standard InChI is InChI=1S/C47H27N5/c1-2-12-29(13-3-1)45-37-26-30-14-4-5-15-31(30)27-41(37)52-47(48-45)49-46(50-52)36-19-8-9-22-38(36)51-39-23-11-21-35-33-18-7-6-17-32(33)34-20-10-16-28-24-25-40(51)44(42(28)34)43(35)39/h1-27H. The maximum absolute atomic E-state index is 5.24. The first-order valence-electron chi connectivity index (χ1n) is 17.6. The first kappa shape index (κ1) is 27.7. The van der Waals surface area contributed by atoms with Gasteiger partial charge in [0.2, 0.25) is 0 Å². The Balaban J connectivity index is 1.16. The summed E-state index contributed by atoms with van der Waals surface area (Å²) in [6, 6.07) is 58.5. The van der Waals surface area contributed by atoms with Crippen molar-refractivity contribution in [1.82, 2.24) is 24.1 Å². The Bertz CT molecular complexity index is 3300. The van der Waals surface area contributed by atoms with Crippen molar-refractivity contribution < 1.29 is 0 Å². The van der Waals surface area contributed by atoms with Crippen molar-refractivity contribution in [2.45, 2.75) is 0 Å². The molecule has 240 valence electrons. The number of rotatable bonds is 3. The highest BCUT2D eigenvalue weighted by molar-refractivity contribution is 6.30. The molecule has 52 heavy (non-hydrogen) atoms. The van der Waals surface area contributed by atoms with Gasteiger partial charge in [0.05, 0.1) is 27.9 Å². The molecule has 3 aromatic heterocycles. The zero-order valence-corrected chi connectivity index (χ0v) is 27.8. The molecule has 0 saturated heterocycles. The van der Waals surface area contributed by atoms with Gasteiger partial charge in [0.25, 0.3) is 5.78 Å². The van der Waals surface area contributed by atoms with E-state index in [0.717, 1.165) is 55.2 Å². The highest BCUT2D eigenvalue weighted by atomic mass is 15.3. The van der Waals surface area contributed by atoms with Gasteiger partial charge in [0.1, 0.15) is 0 Å². The number of aromatic nitrogens is 5. The Morgan fingerprint density at radius 3 is 1.87 bits per heavy atom. The lowest BCUT2D eigenvalue weighted by Crippen LogP contribution is -1.99. The monoisotopic (exact) mass is 661 g/mol. The van der Waals surface area contributed by atoms with E-state index < -0.39 is 0 Å². The predicted octanol–water partition coefficient (Wildman–Crippen LogP) is 11.7. The van der Waals surface area contributed by atoms with Crippen LogP contribution < -0.4 is 0 Å². The molecule has 0 atom stereocenters.